The van der Waals surface area contributed by atoms with Gasteiger partial charge in [-0.15, -0.1) is 23.1 Å². The molecule has 3 nitrogen and oxygen atoms in total. The Labute approximate surface area is 127 Å². The van der Waals surface area contributed by atoms with E-state index >= 15 is 0 Å². The number of carbonyl (C=O) groups is 1. The van der Waals surface area contributed by atoms with Crippen LogP contribution in [-0.4, -0.2) is 11.7 Å². The number of anilines is 1. The van der Waals surface area contributed by atoms with Crippen LogP contribution in [0, 0.1) is 6.92 Å². The van der Waals surface area contributed by atoms with E-state index in [4.69, 9.17) is 5.73 Å². The van der Waals surface area contributed by atoms with Crippen molar-refractivity contribution in [3.8, 4) is 0 Å². The Balaban J connectivity index is 1.86. The zero-order chi connectivity index (χ0) is 14.5. The van der Waals surface area contributed by atoms with E-state index in [1.54, 1.807) is 11.3 Å². The van der Waals surface area contributed by atoms with E-state index in [2.05, 4.69) is 5.32 Å². The van der Waals surface area contributed by atoms with Crippen molar-refractivity contribution in [1.82, 2.24) is 5.32 Å². The monoisotopic (exact) mass is 306 g/mol. The van der Waals surface area contributed by atoms with Gasteiger partial charge in [0.15, 0.2) is 0 Å². The molecule has 106 valence electrons. The summed E-state index contributed by atoms with van der Waals surface area (Å²) in [7, 11) is 0. The highest BCUT2D eigenvalue weighted by Gasteiger charge is 2.11. The molecule has 0 spiro atoms. The first-order chi connectivity index (χ1) is 9.56. The molecule has 3 N–H and O–H groups in total. The van der Waals surface area contributed by atoms with Gasteiger partial charge in [0.1, 0.15) is 0 Å². The van der Waals surface area contributed by atoms with Crippen LogP contribution in [-0.2, 0) is 4.79 Å². The number of hydrogen-bond acceptors (Lipinski definition) is 4. The Morgan fingerprint density at radius 1 is 1.45 bits per heavy atom. The Morgan fingerprint density at radius 3 is 2.90 bits per heavy atom. The van der Waals surface area contributed by atoms with Gasteiger partial charge in [0.2, 0.25) is 5.91 Å². The van der Waals surface area contributed by atoms with Gasteiger partial charge in [-0.25, -0.2) is 0 Å². The second-order valence-corrected chi connectivity index (χ2v) is 6.61. The number of nitrogens with two attached hydrogens (primary N) is 1. The van der Waals surface area contributed by atoms with Crippen LogP contribution in [0.2, 0.25) is 0 Å². The summed E-state index contributed by atoms with van der Waals surface area (Å²) in [6, 6.07) is 9.85. The fraction of sp³-hybridized carbons (Fsp3) is 0.267. The molecule has 2 aromatic rings. The molecule has 0 saturated carbocycles. The highest BCUT2D eigenvalue weighted by Crippen LogP contribution is 2.24. The van der Waals surface area contributed by atoms with Gasteiger partial charge in [-0.3, -0.25) is 4.79 Å². The van der Waals surface area contributed by atoms with Crippen LogP contribution in [0.5, 0.6) is 0 Å². The molecule has 0 aliphatic rings. The normalized spacial score (nSPS) is 12.1. The summed E-state index contributed by atoms with van der Waals surface area (Å²) in [5.41, 5.74) is 7.57. The topological polar surface area (TPSA) is 55.1 Å². The van der Waals surface area contributed by atoms with Crippen molar-refractivity contribution < 1.29 is 4.79 Å². The van der Waals surface area contributed by atoms with E-state index < -0.39 is 0 Å². The minimum atomic E-state index is 0.0483. The van der Waals surface area contributed by atoms with Crippen LogP contribution in [0.25, 0.3) is 0 Å². The van der Waals surface area contributed by atoms with Crippen LogP contribution in [0.1, 0.15) is 23.4 Å². The fourth-order valence-electron chi connectivity index (χ4n) is 1.87. The summed E-state index contributed by atoms with van der Waals surface area (Å²) in [5, 5.41) is 5.03. The van der Waals surface area contributed by atoms with Gasteiger partial charge in [0.25, 0.3) is 0 Å². The van der Waals surface area contributed by atoms with Crippen molar-refractivity contribution in [2.45, 2.75) is 24.8 Å². The SMILES string of the molecule is Cc1cc(N)ccc1SCC(=O)NC(C)c1cccs1. The molecular weight excluding hydrogens is 288 g/mol. The molecular formula is C15H18N2OS2. The highest BCUT2D eigenvalue weighted by molar-refractivity contribution is 8.00. The van der Waals surface area contributed by atoms with Crippen LogP contribution in [0.3, 0.4) is 0 Å². The summed E-state index contributed by atoms with van der Waals surface area (Å²) < 4.78 is 0. The molecule has 1 unspecified atom stereocenters. The average Bonchev–Trinajstić information content (AvgIpc) is 2.91. The standard InChI is InChI=1S/C15H18N2OS2/c1-10-8-12(16)5-6-13(10)20-9-15(18)17-11(2)14-4-3-7-19-14/h3-8,11H,9,16H2,1-2H3,(H,17,18). The van der Waals surface area contributed by atoms with Crippen molar-refractivity contribution in [3.63, 3.8) is 0 Å². The summed E-state index contributed by atoms with van der Waals surface area (Å²) >= 11 is 3.20. The van der Waals surface area contributed by atoms with Gasteiger partial charge in [-0.05, 0) is 49.1 Å². The van der Waals surface area contributed by atoms with Gasteiger partial charge >= 0.3 is 0 Å². The minimum Gasteiger partial charge on any atom is -0.399 e. The lowest BCUT2D eigenvalue weighted by molar-refractivity contribution is -0.119. The maximum absolute atomic E-state index is 11.9. The molecule has 1 atom stereocenters. The second kappa shape index (κ2) is 6.81. The predicted molar refractivity (Wildman–Crippen MR) is 87.2 cm³/mol. The maximum Gasteiger partial charge on any atom is 0.230 e. The number of thiophene rings is 1. The zero-order valence-electron chi connectivity index (χ0n) is 11.6. The average molecular weight is 306 g/mol. The van der Waals surface area contributed by atoms with Crippen molar-refractivity contribution in [3.05, 3.63) is 46.2 Å². The molecule has 20 heavy (non-hydrogen) atoms. The summed E-state index contributed by atoms with van der Waals surface area (Å²) in [6.07, 6.45) is 0. The van der Waals surface area contributed by atoms with Crippen LogP contribution < -0.4 is 11.1 Å². The van der Waals surface area contributed by atoms with Crippen LogP contribution >= 0.6 is 23.1 Å². The number of rotatable bonds is 5. The Hall–Kier alpha value is -1.46. The molecule has 0 aliphatic heterocycles. The Bertz CT molecular complexity index is 582. The Kier molecular flexibility index (Phi) is 5.09. The second-order valence-electron chi connectivity index (χ2n) is 4.62. The lowest BCUT2D eigenvalue weighted by Crippen LogP contribution is -2.27. The first kappa shape index (κ1) is 14.9. The van der Waals surface area contributed by atoms with Gasteiger partial charge < -0.3 is 11.1 Å². The number of aryl methyl sites for hydroxylation is 1. The number of amides is 1. The number of nitrogen functional groups attached to an aromatic ring is 1. The van der Waals surface area contributed by atoms with Gasteiger partial charge in [-0.2, -0.15) is 0 Å². The molecule has 0 fully saturated rings. The zero-order valence-corrected chi connectivity index (χ0v) is 13.2. The van der Waals surface area contributed by atoms with E-state index in [-0.39, 0.29) is 11.9 Å². The lowest BCUT2D eigenvalue weighted by atomic mass is 10.2. The molecule has 2 rings (SSSR count). The number of carbonyl (C=O) groups excluding carboxylic acids is 1. The largest absolute Gasteiger partial charge is 0.399 e. The van der Waals surface area contributed by atoms with Crippen LogP contribution in [0.4, 0.5) is 5.69 Å². The third-order valence-corrected chi connectivity index (χ3v) is 5.14. The molecule has 1 aromatic heterocycles. The van der Waals surface area contributed by atoms with Crippen LogP contribution in [0.15, 0.2) is 40.6 Å². The molecule has 0 radical (unpaired) electrons. The quantitative estimate of drug-likeness (QED) is 0.655. The Morgan fingerprint density at radius 2 is 2.25 bits per heavy atom. The van der Waals surface area contributed by atoms with Crippen molar-refractivity contribution in [2.24, 2.45) is 0 Å². The van der Waals surface area contributed by atoms with E-state index in [0.29, 0.717) is 5.75 Å². The molecule has 0 saturated heterocycles. The first-order valence-corrected chi connectivity index (χ1v) is 8.24. The number of benzene rings is 1. The summed E-state index contributed by atoms with van der Waals surface area (Å²) in [6.45, 7) is 4.01. The van der Waals surface area contributed by atoms with E-state index in [9.17, 15) is 4.79 Å². The lowest BCUT2D eigenvalue weighted by Gasteiger charge is -2.12. The molecule has 1 aromatic carbocycles. The minimum absolute atomic E-state index is 0.0483. The van der Waals surface area contributed by atoms with Crippen molar-refractivity contribution >= 4 is 34.7 Å². The van der Waals surface area contributed by atoms with Gasteiger partial charge in [-0.1, -0.05) is 6.07 Å². The smallest absolute Gasteiger partial charge is 0.230 e. The maximum atomic E-state index is 11.9. The van der Waals surface area contributed by atoms with E-state index in [1.807, 2.05) is 49.6 Å². The molecule has 1 heterocycles. The summed E-state index contributed by atoms with van der Waals surface area (Å²) in [5.74, 6) is 0.465. The third-order valence-electron chi connectivity index (χ3n) is 2.91. The van der Waals surface area contributed by atoms with Crippen molar-refractivity contribution in [1.29, 1.82) is 0 Å². The molecule has 5 heteroatoms. The fourth-order valence-corrected chi connectivity index (χ4v) is 3.43. The first-order valence-electron chi connectivity index (χ1n) is 6.38. The van der Waals surface area contributed by atoms with Gasteiger partial charge in [0.05, 0.1) is 11.8 Å². The van der Waals surface area contributed by atoms with E-state index in [0.717, 1.165) is 16.1 Å². The predicted octanol–water partition coefficient (Wildman–Crippen LogP) is 3.61. The van der Waals surface area contributed by atoms with E-state index in [1.165, 1.54) is 16.6 Å². The number of thioether (sulfide) groups is 1. The highest BCUT2D eigenvalue weighted by atomic mass is 32.2. The molecule has 0 aliphatic carbocycles. The third kappa shape index (κ3) is 4.02. The molecule has 0 bridgehead atoms. The van der Waals surface area contributed by atoms with Crippen molar-refractivity contribution in [2.75, 3.05) is 11.5 Å². The van der Waals surface area contributed by atoms with Gasteiger partial charge in [0, 0.05) is 15.5 Å². The molecule has 1 amide bonds. The number of hydrogen-bond donors (Lipinski definition) is 2. The summed E-state index contributed by atoms with van der Waals surface area (Å²) in [4.78, 5) is 14.2. The number of nitrogens with one attached hydrogen (secondary N) is 1.